The number of halogens is 2. The molecule has 0 spiro atoms. The minimum atomic E-state index is 0.734. The molecule has 0 aliphatic carbocycles. The number of fused-ring (bicyclic) bond motifs is 6. The second-order valence-corrected chi connectivity index (χ2v) is 19.4. The summed E-state index contributed by atoms with van der Waals surface area (Å²) in [4.78, 5) is 0. The molecule has 0 aliphatic rings. The van der Waals surface area contributed by atoms with E-state index in [-0.39, 0.29) is 0 Å². The van der Waals surface area contributed by atoms with Crippen LogP contribution >= 0.6 is 23.2 Å². The normalized spacial score (nSPS) is 11.7. The molecule has 0 radical (unpaired) electrons. The first-order valence-corrected chi connectivity index (χ1v) is 26.8. The highest BCUT2D eigenvalue weighted by molar-refractivity contribution is 6.36. The minimum Gasteiger partial charge on any atom is -0.384 e. The summed E-state index contributed by atoms with van der Waals surface area (Å²) in [6.07, 6.45) is 7.76. The lowest BCUT2D eigenvalue weighted by Gasteiger charge is -2.14. The fourth-order valence-corrected chi connectivity index (χ4v) is 9.98. The zero-order chi connectivity index (χ0) is 49.2. The molecular formula is C62H68Cl2N4O4. The van der Waals surface area contributed by atoms with E-state index in [2.05, 4.69) is 143 Å². The van der Waals surface area contributed by atoms with Crippen molar-refractivity contribution in [3.63, 3.8) is 0 Å². The van der Waals surface area contributed by atoms with E-state index in [4.69, 9.17) is 42.1 Å². The molecule has 374 valence electrons. The highest BCUT2D eigenvalue weighted by atomic mass is 35.5. The van der Waals surface area contributed by atoms with Crippen LogP contribution in [0, 0.1) is 0 Å². The van der Waals surface area contributed by atoms with Gasteiger partial charge in [-0.1, -0.05) is 96.0 Å². The molecule has 0 amide bonds. The Morgan fingerprint density at radius 2 is 0.500 bits per heavy atom. The first-order valence-electron chi connectivity index (χ1n) is 26.0. The Morgan fingerprint density at radius 3 is 0.792 bits per heavy atom. The van der Waals surface area contributed by atoms with Crippen LogP contribution in [-0.4, -0.2) is 79.0 Å². The number of hydrogen-bond donors (Lipinski definition) is 4. The van der Waals surface area contributed by atoms with Gasteiger partial charge in [-0.25, -0.2) is 0 Å². The van der Waals surface area contributed by atoms with Crippen LogP contribution in [-0.2, 0) is 18.9 Å². The maximum absolute atomic E-state index is 6.50. The number of rotatable bonds is 30. The van der Waals surface area contributed by atoms with Gasteiger partial charge in [0, 0.05) is 144 Å². The molecule has 0 saturated heterocycles. The predicted octanol–water partition coefficient (Wildman–Crippen LogP) is 16.1. The zero-order valence-corrected chi connectivity index (χ0v) is 42.9. The number of benzene rings is 9. The molecule has 0 unspecified atom stereocenters. The maximum atomic E-state index is 6.50. The molecule has 9 aromatic carbocycles. The third-order valence-electron chi connectivity index (χ3n) is 13.3. The van der Waals surface area contributed by atoms with Crippen molar-refractivity contribution in [3.05, 3.63) is 156 Å². The van der Waals surface area contributed by atoms with E-state index in [1.54, 1.807) is 0 Å². The summed E-state index contributed by atoms with van der Waals surface area (Å²) in [5, 5.41) is 30.3. The average Bonchev–Trinajstić information content (AvgIpc) is 3.40. The van der Waals surface area contributed by atoms with Crippen molar-refractivity contribution in [2.24, 2.45) is 0 Å². The Morgan fingerprint density at radius 1 is 0.264 bits per heavy atom. The van der Waals surface area contributed by atoms with Crippen molar-refractivity contribution < 1.29 is 18.9 Å². The van der Waals surface area contributed by atoms with E-state index in [1.165, 1.54) is 43.1 Å². The van der Waals surface area contributed by atoms with Crippen LogP contribution in [0.2, 0.25) is 10.0 Å². The summed E-state index contributed by atoms with van der Waals surface area (Å²) in [6, 6.07) is 51.3. The van der Waals surface area contributed by atoms with Gasteiger partial charge in [0.15, 0.2) is 0 Å². The Bertz CT molecular complexity index is 2980. The van der Waals surface area contributed by atoms with Crippen LogP contribution in [0.3, 0.4) is 0 Å². The quantitative estimate of drug-likeness (QED) is 0.0262. The molecule has 9 rings (SSSR count). The standard InChI is InChI=1S/C62H68Cl2N4O4/c63-57-21-5-15-45-39-47-17-7-23-59(53(47)42-51(45)57)65-27-11-35-69-31-1-3-33-71-37-13-29-67-61-25-9-19-49-41-50-20-10-26-62(56(50)44-55(49)61)68-30-14-38-72-34-4-2-32-70-36-12-28-66-60-24-8-18-48-40-46-16-6-22-58(64)52(46)43-54(48)60/h5-10,15-26,39-44,65-68H,1-4,11-14,27-38H2. The lowest BCUT2D eigenvalue weighted by atomic mass is 10.0. The van der Waals surface area contributed by atoms with Gasteiger partial charge in [0.05, 0.1) is 0 Å². The van der Waals surface area contributed by atoms with Crippen molar-refractivity contribution in [2.75, 3.05) is 100 Å². The molecule has 0 fully saturated rings. The van der Waals surface area contributed by atoms with Crippen LogP contribution in [0.4, 0.5) is 22.7 Å². The minimum absolute atomic E-state index is 0.734. The number of ether oxygens (including phenoxy) is 4. The maximum Gasteiger partial charge on any atom is 0.0484 e. The molecule has 0 atom stereocenters. The Labute approximate surface area is 434 Å². The average molecular weight is 1000 g/mol. The summed E-state index contributed by atoms with van der Waals surface area (Å²) in [5.41, 5.74) is 4.56. The van der Waals surface area contributed by atoms with Gasteiger partial charge in [-0.3, -0.25) is 0 Å². The Balaban J connectivity index is 0.594. The van der Waals surface area contributed by atoms with Gasteiger partial charge in [0.2, 0.25) is 0 Å². The first kappa shape index (κ1) is 51.1. The summed E-state index contributed by atoms with van der Waals surface area (Å²) in [6.45, 7) is 9.37. The largest absolute Gasteiger partial charge is 0.384 e. The molecule has 0 aromatic heterocycles. The van der Waals surface area contributed by atoms with Crippen molar-refractivity contribution in [1.29, 1.82) is 0 Å². The van der Waals surface area contributed by atoms with Crippen molar-refractivity contribution in [3.8, 4) is 0 Å². The second kappa shape index (κ2) is 26.7. The van der Waals surface area contributed by atoms with E-state index >= 15 is 0 Å². The number of unbranched alkanes of at least 4 members (excludes halogenated alkanes) is 2. The summed E-state index contributed by atoms with van der Waals surface area (Å²) in [7, 11) is 0. The van der Waals surface area contributed by atoms with Gasteiger partial charge in [-0.05, 0) is 156 Å². The molecule has 0 bridgehead atoms. The van der Waals surface area contributed by atoms with Crippen LogP contribution < -0.4 is 21.3 Å². The summed E-state index contributed by atoms with van der Waals surface area (Å²) in [5.74, 6) is 0. The smallest absolute Gasteiger partial charge is 0.0484 e. The molecule has 9 aromatic rings. The van der Waals surface area contributed by atoms with Crippen LogP contribution in [0.1, 0.15) is 51.4 Å². The van der Waals surface area contributed by atoms with E-state index in [1.807, 2.05) is 24.3 Å². The van der Waals surface area contributed by atoms with Gasteiger partial charge in [-0.2, -0.15) is 0 Å². The second-order valence-electron chi connectivity index (χ2n) is 18.6. The van der Waals surface area contributed by atoms with E-state index in [0.717, 1.165) is 185 Å². The highest BCUT2D eigenvalue weighted by Gasteiger charge is 2.10. The summed E-state index contributed by atoms with van der Waals surface area (Å²) >= 11 is 13.0. The highest BCUT2D eigenvalue weighted by Crippen LogP contribution is 2.35. The van der Waals surface area contributed by atoms with Crippen molar-refractivity contribution >= 4 is 111 Å². The fourth-order valence-electron chi connectivity index (χ4n) is 9.51. The fraction of sp³-hybridized carbons (Fsp3) is 0.323. The number of nitrogens with one attached hydrogen (secondary N) is 4. The van der Waals surface area contributed by atoms with Crippen LogP contribution in [0.25, 0.3) is 64.6 Å². The van der Waals surface area contributed by atoms with Gasteiger partial charge < -0.3 is 40.2 Å². The Hall–Kier alpha value is -5.84. The van der Waals surface area contributed by atoms with Gasteiger partial charge in [0.25, 0.3) is 0 Å². The zero-order valence-electron chi connectivity index (χ0n) is 41.4. The molecule has 0 saturated carbocycles. The van der Waals surface area contributed by atoms with Crippen LogP contribution in [0.5, 0.6) is 0 Å². The predicted molar refractivity (Wildman–Crippen MR) is 309 cm³/mol. The first-order chi connectivity index (χ1) is 35.6. The molecule has 8 nitrogen and oxygen atoms in total. The van der Waals surface area contributed by atoms with Crippen molar-refractivity contribution in [1.82, 2.24) is 0 Å². The topological polar surface area (TPSA) is 85.0 Å². The SMILES string of the molecule is Clc1cccc2cc3cccc(NCCCOCCCCOCCCNc4cccc5cc6cccc(NCCCOCCCCOCCCNc7cccc8cc9cccc(Cl)c9cc78)c6cc45)c3cc12. The molecule has 4 N–H and O–H groups in total. The lowest BCUT2D eigenvalue weighted by Crippen LogP contribution is -2.08. The van der Waals surface area contributed by atoms with E-state index < -0.39 is 0 Å². The molecule has 72 heavy (non-hydrogen) atoms. The molecule has 0 heterocycles. The van der Waals surface area contributed by atoms with Crippen molar-refractivity contribution in [2.45, 2.75) is 51.4 Å². The van der Waals surface area contributed by atoms with Crippen LogP contribution in [0.15, 0.2) is 146 Å². The number of anilines is 4. The monoisotopic (exact) mass is 1000 g/mol. The third kappa shape index (κ3) is 13.8. The van der Waals surface area contributed by atoms with Gasteiger partial charge >= 0.3 is 0 Å². The number of hydrogen-bond acceptors (Lipinski definition) is 8. The van der Waals surface area contributed by atoms with E-state index in [9.17, 15) is 0 Å². The molecule has 0 aliphatic heterocycles. The lowest BCUT2D eigenvalue weighted by molar-refractivity contribution is 0.102. The van der Waals surface area contributed by atoms with Gasteiger partial charge in [0.1, 0.15) is 0 Å². The molecular weight excluding hydrogens is 936 g/mol. The van der Waals surface area contributed by atoms with E-state index in [0.29, 0.717) is 0 Å². The van der Waals surface area contributed by atoms with Gasteiger partial charge in [-0.15, -0.1) is 0 Å². The Kier molecular flexibility index (Phi) is 19.0. The molecule has 10 heteroatoms. The third-order valence-corrected chi connectivity index (χ3v) is 14.0. The summed E-state index contributed by atoms with van der Waals surface area (Å²) < 4.78 is 23.8.